The van der Waals surface area contributed by atoms with Crippen LogP contribution in [-0.4, -0.2) is 22.2 Å². The first kappa shape index (κ1) is 15.3. The Hall–Kier alpha value is -2.57. The zero-order valence-corrected chi connectivity index (χ0v) is 13.6. The quantitative estimate of drug-likeness (QED) is 0.901. The molecule has 0 aliphatic carbocycles. The largest absolute Gasteiger partial charge is 0.479 e. The lowest BCUT2D eigenvalue weighted by Gasteiger charge is -2.24. The third-order valence-corrected chi connectivity index (χ3v) is 3.64. The lowest BCUT2D eigenvalue weighted by atomic mass is 10.2. The average Bonchev–Trinajstić information content (AvgIpc) is 2.99. The molecular weight excluding hydrogens is 296 g/mol. The van der Waals surface area contributed by atoms with Gasteiger partial charge in [0.15, 0.2) is 11.9 Å². The molecule has 2 atom stereocenters. The van der Waals surface area contributed by atoms with Gasteiger partial charge in [0.2, 0.25) is 5.89 Å². The van der Waals surface area contributed by atoms with Crippen molar-refractivity contribution in [3.63, 3.8) is 0 Å². The zero-order chi connectivity index (χ0) is 16.6. The Morgan fingerprint density at radius 3 is 2.78 bits per heavy atom. The van der Waals surface area contributed by atoms with Crippen molar-refractivity contribution in [3.8, 4) is 5.75 Å². The molecule has 1 aromatic carbocycles. The molecule has 2 N–H and O–H groups in total. The summed E-state index contributed by atoms with van der Waals surface area (Å²) in [5, 5.41) is 10.1. The van der Waals surface area contributed by atoms with Gasteiger partial charge in [-0.3, -0.25) is 4.79 Å². The van der Waals surface area contributed by atoms with Gasteiger partial charge in [-0.15, -0.1) is 0 Å². The molecule has 0 saturated carbocycles. The number of hydrogen-bond donors (Lipinski definition) is 2. The summed E-state index contributed by atoms with van der Waals surface area (Å²) in [4.78, 5) is 16.1. The Morgan fingerprint density at radius 1 is 1.30 bits per heavy atom. The molecule has 7 heteroatoms. The highest BCUT2D eigenvalue weighted by atomic mass is 16.5. The lowest BCUT2D eigenvalue weighted by molar-refractivity contribution is -0.122. The third kappa shape index (κ3) is 3.13. The average molecular weight is 316 g/mol. The highest BCUT2D eigenvalue weighted by Crippen LogP contribution is 2.33. The summed E-state index contributed by atoms with van der Waals surface area (Å²) in [6.45, 7) is 7.68. The number of carbonyl (C=O) groups excluding carboxylic acids is 1. The lowest BCUT2D eigenvalue weighted by Crippen LogP contribution is -2.34. The Labute approximate surface area is 134 Å². The van der Waals surface area contributed by atoms with Crippen LogP contribution in [0.2, 0.25) is 0 Å². The van der Waals surface area contributed by atoms with E-state index in [1.54, 1.807) is 6.92 Å². The van der Waals surface area contributed by atoms with E-state index in [0.29, 0.717) is 23.2 Å². The van der Waals surface area contributed by atoms with Gasteiger partial charge in [-0.25, -0.2) is 0 Å². The number of ether oxygens (including phenoxy) is 1. The first-order chi connectivity index (χ1) is 10.9. The molecule has 3 rings (SSSR count). The number of rotatable bonds is 4. The van der Waals surface area contributed by atoms with Gasteiger partial charge in [-0.1, -0.05) is 19.0 Å². The predicted octanol–water partition coefficient (Wildman–Crippen LogP) is 3.09. The molecule has 2 aromatic rings. The molecule has 1 aliphatic rings. The Kier molecular flexibility index (Phi) is 3.94. The van der Waals surface area contributed by atoms with Crippen molar-refractivity contribution in [2.24, 2.45) is 0 Å². The summed E-state index contributed by atoms with van der Waals surface area (Å²) >= 11 is 0. The monoisotopic (exact) mass is 316 g/mol. The molecule has 0 fully saturated rings. The van der Waals surface area contributed by atoms with E-state index in [-0.39, 0.29) is 17.9 Å². The second-order valence-electron chi connectivity index (χ2n) is 5.97. The molecule has 122 valence electrons. The summed E-state index contributed by atoms with van der Waals surface area (Å²) in [7, 11) is 0. The van der Waals surface area contributed by atoms with Crippen LogP contribution in [0.25, 0.3) is 0 Å². The van der Waals surface area contributed by atoms with Crippen molar-refractivity contribution in [3.05, 3.63) is 29.9 Å². The fraction of sp³-hybridized carbons (Fsp3) is 0.438. The first-order valence-corrected chi connectivity index (χ1v) is 7.65. The van der Waals surface area contributed by atoms with Crippen LogP contribution < -0.4 is 15.4 Å². The van der Waals surface area contributed by atoms with Crippen LogP contribution >= 0.6 is 0 Å². The molecular formula is C16H20N4O3. The molecule has 0 saturated heterocycles. The highest BCUT2D eigenvalue weighted by molar-refractivity contribution is 5.98. The summed E-state index contributed by atoms with van der Waals surface area (Å²) in [6.07, 6.45) is -0.479. The summed E-state index contributed by atoms with van der Waals surface area (Å²) in [6, 6.07) is 5.40. The van der Waals surface area contributed by atoms with Crippen molar-refractivity contribution in [2.45, 2.75) is 45.8 Å². The van der Waals surface area contributed by atoms with Gasteiger partial charge in [-0.2, -0.15) is 4.98 Å². The van der Waals surface area contributed by atoms with Gasteiger partial charge in [0.25, 0.3) is 5.91 Å². The molecule has 7 nitrogen and oxygen atoms in total. The van der Waals surface area contributed by atoms with E-state index in [1.165, 1.54) is 0 Å². The van der Waals surface area contributed by atoms with E-state index in [9.17, 15) is 4.79 Å². The Bertz CT molecular complexity index is 726. The van der Waals surface area contributed by atoms with E-state index in [1.807, 2.05) is 39.0 Å². The van der Waals surface area contributed by atoms with Crippen LogP contribution in [0.5, 0.6) is 5.75 Å². The van der Waals surface area contributed by atoms with Gasteiger partial charge in [-0.05, 0) is 32.0 Å². The normalized spacial score (nSPS) is 18.1. The summed E-state index contributed by atoms with van der Waals surface area (Å²) in [5.41, 5.74) is 1.48. The standard InChI is InChI=1S/C16H20N4O3/c1-8(2)14-19-16(23-20-14)9(3)17-11-5-6-13-12(7-11)18-15(21)10(4)22-13/h5-10,17H,1-4H3,(H,18,21)/t9-,10-/m1/s1. The predicted molar refractivity (Wildman–Crippen MR) is 85.6 cm³/mol. The second kappa shape index (κ2) is 5.91. The molecule has 23 heavy (non-hydrogen) atoms. The molecule has 0 spiro atoms. The molecule has 1 amide bonds. The number of nitrogens with one attached hydrogen (secondary N) is 2. The molecule has 1 aromatic heterocycles. The summed E-state index contributed by atoms with van der Waals surface area (Å²) in [5.74, 6) is 1.95. The van der Waals surface area contributed by atoms with Crippen molar-refractivity contribution >= 4 is 17.3 Å². The number of benzene rings is 1. The number of amides is 1. The van der Waals surface area contributed by atoms with Gasteiger partial charge < -0.3 is 19.9 Å². The first-order valence-electron chi connectivity index (χ1n) is 7.65. The fourth-order valence-electron chi connectivity index (χ4n) is 2.27. The van der Waals surface area contributed by atoms with E-state index < -0.39 is 6.10 Å². The van der Waals surface area contributed by atoms with Crippen LogP contribution in [0.15, 0.2) is 22.7 Å². The molecule has 2 heterocycles. The van der Waals surface area contributed by atoms with Crippen LogP contribution in [0.3, 0.4) is 0 Å². The Morgan fingerprint density at radius 2 is 2.09 bits per heavy atom. The van der Waals surface area contributed by atoms with E-state index in [4.69, 9.17) is 9.26 Å². The maximum absolute atomic E-state index is 11.7. The van der Waals surface area contributed by atoms with Crippen molar-refractivity contribution in [1.82, 2.24) is 10.1 Å². The number of fused-ring (bicyclic) bond motifs is 1. The molecule has 0 unspecified atom stereocenters. The van der Waals surface area contributed by atoms with Crippen molar-refractivity contribution < 1.29 is 14.1 Å². The van der Waals surface area contributed by atoms with Crippen LogP contribution in [0, 0.1) is 0 Å². The van der Waals surface area contributed by atoms with Crippen LogP contribution in [0.4, 0.5) is 11.4 Å². The number of aromatic nitrogens is 2. The molecule has 0 bridgehead atoms. The van der Waals surface area contributed by atoms with E-state index in [2.05, 4.69) is 20.8 Å². The van der Waals surface area contributed by atoms with E-state index in [0.717, 1.165) is 5.69 Å². The number of nitrogens with zero attached hydrogens (tertiary/aromatic N) is 2. The maximum atomic E-state index is 11.7. The fourth-order valence-corrected chi connectivity index (χ4v) is 2.27. The maximum Gasteiger partial charge on any atom is 0.265 e. The van der Waals surface area contributed by atoms with Gasteiger partial charge in [0.05, 0.1) is 5.69 Å². The molecule has 1 aliphatic heterocycles. The molecule has 0 radical (unpaired) electrons. The number of carbonyl (C=O) groups is 1. The smallest absolute Gasteiger partial charge is 0.265 e. The third-order valence-electron chi connectivity index (χ3n) is 3.64. The minimum atomic E-state index is -0.479. The minimum absolute atomic E-state index is 0.146. The van der Waals surface area contributed by atoms with E-state index >= 15 is 0 Å². The number of hydrogen-bond acceptors (Lipinski definition) is 6. The summed E-state index contributed by atoms with van der Waals surface area (Å²) < 4.78 is 10.8. The number of anilines is 2. The topological polar surface area (TPSA) is 89.3 Å². The minimum Gasteiger partial charge on any atom is -0.479 e. The van der Waals surface area contributed by atoms with Gasteiger partial charge in [0, 0.05) is 11.6 Å². The SMILES string of the molecule is CC(C)c1noc([C@@H](C)Nc2ccc3c(c2)NC(=O)[C@@H](C)O3)n1. The van der Waals surface area contributed by atoms with Gasteiger partial charge >= 0.3 is 0 Å². The highest BCUT2D eigenvalue weighted by Gasteiger charge is 2.24. The van der Waals surface area contributed by atoms with Crippen molar-refractivity contribution in [2.75, 3.05) is 10.6 Å². The zero-order valence-electron chi connectivity index (χ0n) is 13.6. The van der Waals surface area contributed by atoms with Crippen molar-refractivity contribution in [1.29, 1.82) is 0 Å². The van der Waals surface area contributed by atoms with Gasteiger partial charge in [0.1, 0.15) is 11.8 Å². The second-order valence-corrected chi connectivity index (χ2v) is 5.97. The van der Waals surface area contributed by atoms with Crippen LogP contribution in [-0.2, 0) is 4.79 Å². The Balaban J connectivity index is 1.75. The van der Waals surface area contributed by atoms with Crippen LogP contribution in [0.1, 0.15) is 51.4 Å².